The van der Waals surface area contributed by atoms with Crippen molar-refractivity contribution in [2.45, 2.75) is 18.4 Å². The number of nitrogens with two attached hydrogens (primary N) is 1. The van der Waals surface area contributed by atoms with Gasteiger partial charge in [-0.25, -0.2) is 4.39 Å². The standard InChI is InChI=1S/C16H16FNO.ClH/c1-19-15-9-12-11(7-13(15)17)8-14(18)16(12)10-5-3-2-4-6-10;/h2-7,9,14,16H,8,18H2,1H3;1H/t14-,16-;/m1./s1. The Labute approximate surface area is 124 Å². The second-order valence-electron chi connectivity index (χ2n) is 4.94. The maximum atomic E-state index is 13.7. The van der Waals surface area contributed by atoms with Crippen LogP contribution in [0.15, 0.2) is 42.5 Å². The second-order valence-corrected chi connectivity index (χ2v) is 4.94. The average molecular weight is 294 g/mol. The lowest BCUT2D eigenvalue weighted by molar-refractivity contribution is 0.385. The number of rotatable bonds is 2. The number of hydrogen-bond donors (Lipinski definition) is 1. The molecule has 1 aliphatic rings. The summed E-state index contributed by atoms with van der Waals surface area (Å²) < 4.78 is 18.8. The van der Waals surface area contributed by atoms with Crippen LogP contribution >= 0.6 is 12.4 Å². The first-order chi connectivity index (χ1) is 9.20. The molecule has 0 radical (unpaired) electrons. The zero-order valence-corrected chi connectivity index (χ0v) is 12.0. The van der Waals surface area contributed by atoms with E-state index >= 15 is 0 Å². The van der Waals surface area contributed by atoms with Gasteiger partial charge in [0.05, 0.1) is 7.11 Å². The normalized spacial score (nSPS) is 20.1. The average Bonchev–Trinajstić information content (AvgIpc) is 2.73. The van der Waals surface area contributed by atoms with Crippen molar-refractivity contribution >= 4 is 12.4 Å². The fraction of sp³-hybridized carbons (Fsp3) is 0.250. The van der Waals surface area contributed by atoms with Crippen molar-refractivity contribution in [2.75, 3.05) is 7.11 Å². The van der Waals surface area contributed by atoms with Gasteiger partial charge in [-0.15, -0.1) is 12.4 Å². The van der Waals surface area contributed by atoms with Gasteiger partial charge in [-0.1, -0.05) is 30.3 Å². The summed E-state index contributed by atoms with van der Waals surface area (Å²) in [5.74, 6) is 0.0849. The van der Waals surface area contributed by atoms with E-state index in [1.165, 1.54) is 12.7 Å². The Morgan fingerprint density at radius 2 is 1.90 bits per heavy atom. The number of benzene rings is 2. The number of methoxy groups -OCH3 is 1. The molecule has 2 aromatic rings. The Bertz CT molecular complexity index is 603. The van der Waals surface area contributed by atoms with Crippen LogP contribution in [-0.2, 0) is 6.42 Å². The van der Waals surface area contributed by atoms with Gasteiger partial charge in [0, 0.05) is 12.0 Å². The number of hydrogen-bond acceptors (Lipinski definition) is 2. The second kappa shape index (κ2) is 5.81. The van der Waals surface area contributed by atoms with Crippen molar-refractivity contribution in [2.24, 2.45) is 5.73 Å². The van der Waals surface area contributed by atoms with Crippen molar-refractivity contribution in [1.29, 1.82) is 0 Å². The monoisotopic (exact) mass is 293 g/mol. The van der Waals surface area contributed by atoms with Crippen LogP contribution < -0.4 is 10.5 Å². The molecule has 1 aliphatic carbocycles. The first-order valence-electron chi connectivity index (χ1n) is 6.37. The van der Waals surface area contributed by atoms with Gasteiger partial charge >= 0.3 is 0 Å². The molecule has 0 aromatic heterocycles. The number of halogens is 2. The lowest BCUT2D eigenvalue weighted by Gasteiger charge is -2.17. The van der Waals surface area contributed by atoms with Gasteiger partial charge in [-0.3, -0.25) is 0 Å². The summed E-state index contributed by atoms with van der Waals surface area (Å²) in [4.78, 5) is 0. The minimum Gasteiger partial charge on any atom is -0.494 e. The predicted molar refractivity (Wildman–Crippen MR) is 80.2 cm³/mol. The highest BCUT2D eigenvalue weighted by atomic mass is 35.5. The third-order valence-corrected chi connectivity index (χ3v) is 3.79. The topological polar surface area (TPSA) is 35.2 Å². The SMILES string of the molecule is COc1cc2c(cc1F)C[C@@H](N)[C@@H]2c1ccccc1.Cl. The molecular weight excluding hydrogens is 277 g/mol. The Balaban J connectivity index is 0.00000147. The molecule has 0 unspecified atom stereocenters. The van der Waals surface area contributed by atoms with Crippen LogP contribution in [0.2, 0.25) is 0 Å². The van der Waals surface area contributed by atoms with Gasteiger partial charge < -0.3 is 10.5 Å². The molecule has 2 atom stereocenters. The summed E-state index contributed by atoms with van der Waals surface area (Å²) in [6, 6.07) is 13.4. The molecule has 0 saturated carbocycles. The number of fused-ring (bicyclic) bond motifs is 1. The molecule has 106 valence electrons. The van der Waals surface area contributed by atoms with Crippen LogP contribution in [0.3, 0.4) is 0 Å². The summed E-state index contributed by atoms with van der Waals surface area (Å²) in [5.41, 5.74) is 9.47. The summed E-state index contributed by atoms with van der Waals surface area (Å²) in [5, 5.41) is 0. The van der Waals surface area contributed by atoms with Crippen LogP contribution in [0.5, 0.6) is 5.75 Å². The van der Waals surface area contributed by atoms with Crippen molar-refractivity contribution in [1.82, 2.24) is 0 Å². The van der Waals surface area contributed by atoms with Gasteiger partial charge in [0.15, 0.2) is 11.6 Å². The van der Waals surface area contributed by atoms with E-state index in [0.717, 1.165) is 11.1 Å². The summed E-state index contributed by atoms with van der Waals surface area (Å²) >= 11 is 0. The highest BCUT2D eigenvalue weighted by Crippen LogP contribution is 2.40. The van der Waals surface area contributed by atoms with Crippen molar-refractivity contribution in [3.63, 3.8) is 0 Å². The maximum Gasteiger partial charge on any atom is 0.165 e. The highest BCUT2D eigenvalue weighted by molar-refractivity contribution is 5.85. The molecule has 0 aliphatic heterocycles. The molecule has 3 rings (SSSR count). The van der Waals surface area contributed by atoms with Crippen molar-refractivity contribution in [3.05, 3.63) is 65.0 Å². The summed E-state index contributed by atoms with van der Waals surface area (Å²) in [7, 11) is 1.48. The van der Waals surface area contributed by atoms with Crippen molar-refractivity contribution in [3.8, 4) is 5.75 Å². The van der Waals surface area contributed by atoms with E-state index in [4.69, 9.17) is 10.5 Å². The van der Waals surface area contributed by atoms with E-state index in [1.54, 1.807) is 12.1 Å². The molecule has 4 heteroatoms. The maximum absolute atomic E-state index is 13.7. The smallest absolute Gasteiger partial charge is 0.165 e. The van der Waals surface area contributed by atoms with Gasteiger partial charge in [0.2, 0.25) is 0 Å². The van der Waals surface area contributed by atoms with Crippen molar-refractivity contribution < 1.29 is 9.13 Å². The fourth-order valence-corrected chi connectivity index (χ4v) is 2.92. The van der Waals surface area contributed by atoms with E-state index in [2.05, 4.69) is 12.1 Å². The Morgan fingerprint density at radius 3 is 2.55 bits per heavy atom. The van der Waals surface area contributed by atoms with E-state index in [0.29, 0.717) is 6.42 Å². The van der Waals surface area contributed by atoms with Crippen LogP contribution in [0.1, 0.15) is 22.6 Å². The molecule has 0 heterocycles. The van der Waals surface area contributed by atoms with Crippen LogP contribution in [0.4, 0.5) is 4.39 Å². The van der Waals surface area contributed by atoms with E-state index in [9.17, 15) is 4.39 Å². The fourth-order valence-electron chi connectivity index (χ4n) is 2.92. The molecule has 2 aromatic carbocycles. The Hall–Kier alpha value is -1.58. The molecule has 0 spiro atoms. The predicted octanol–water partition coefficient (Wildman–Crippen LogP) is 3.27. The minimum atomic E-state index is -0.317. The summed E-state index contributed by atoms with van der Waals surface area (Å²) in [6.45, 7) is 0. The molecule has 2 nitrogen and oxygen atoms in total. The molecule has 0 bridgehead atoms. The molecular formula is C16H17ClFNO. The van der Waals surface area contributed by atoms with E-state index in [1.807, 2.05) is 18.2 Å². The summed E-state index contributed by atoms with van der Waals surface area (Å²) in [6.07, 6.45) is 0.704. The quantitative estimate of drug-likeness (QED) is 0.922. The first kappa shape index (κ1) is 14.8. The molecule has 2 N–H and O–H groups in total. The van der Waals surface area contributed by atoms with Gasteiger partial charge in [-0.05, 0) is 35.2 Å². The third kappa shape index (κ3) is 2.39. The van der Waals surface area contributed by atoms with Gasteiger partial charge in [0.25, 0.3) is 0 Å². The third-order valence-electron chi connectivity index (χ3n) is 3.79. The molecule has 0 saturated heterocycles. The Kier molecular flexibility index (Phi) is 4.31. The first-order valence-corrected chi connectivity index (χ1v) is 6.37. The Morgan fingerprint density at radius 1 is 1.20 bits per heavy atom. The molecule has 20 heavy (non-hydrogen) atoms. The highest BCUT2D eigenvalue weighted by Gasteiger charge is 2.32. The lowest BCUT2D eigenvalue weighted by Crippen LogP contribution is -2.25. The van der Waals surface area contributed by atoms with E-state index < -0.39 is 0 Å². The largest absolute Gasteiger partial charge is 0.494 e. The lowest BCUT2D eigenvalue weighted by atomic mass is 9.90. The number of ether oxygens (including phenoxy) is 1. The minimum absolute atomic E-state index is 0. The van der Waals surface area contributed by atoms with Gasteiger partial charge in [-0.2, -0.15) is 0 Å². The van der Waals surface area contributed by atoms with Crippen LogP contribution in [-0.4, -0.2) is 13.2 Å². The molecule has 0 amide bonds. The zero-order valence-electron chi connectivity index (χ0n) is 11.2. The van der Waals surface area contributed by atoms with E-state index in [-0.39, 0.29) is 35.9 Å². The van der Waals surface area contributed by atoms with Gasteiger partial charge in [0.1, 0.15) is 0 Å². The van der Waals surface area contributed by atoms with Crippen LogP contribution in [0.25, 0.3) is 0 Å². The zero-order chi connectivity index (χ0) is 13.4. The molecule has 0 fully saturated rings. The van der Waals surface area contributed by atoms with Crippen LogP contribution in [0, 0.1) is 5.82 Å².